The van der Waals surface area contributed by atoms with Crippen LogP contribution in [-0.4, -0.2) is 60.1 Å². The summed E-state index contributed by atoms with van der Waals surface area (Å²) in [6.45, 7) is 4.17. The molecule has 0 aliphatic rings. The van der Waals surface area contributed by atoms with Crippen molar-refractivity contribution in [2.45, 2.75) is 141 Å². The van der Waals surface area contributed by atoms with Gasteiger partial charge in [-0.15, -0.1) is 0 Å². The molecule has 0 saturated heterocycles. The molecule has 5 unspecified atom stereocenters. The van der Waals surface area contributed by atoms with Crippen molar-refractivity contribution < 1.29 is 56.5 Å². The summed E-state index contributed by atoms with van der Waals surface area (Å²) in [6.07, 6.45) is 13.2. The number of nitrogens with zero attached hydrogens (tertiary/aromatic N) is 2. The fraction of sp³-hybridized carbons (Fsp3) is 0.667. The molecule has 0 spiro atoms. The molecule has 0 aromatic carbocycles. The summed E-state index contributed by atoms with van der Waals surface area (Å²) in [5.41, 5.74) is 0.0671. The minimum absolute atomic E-state index is 0.0671. The molecule has 0 bridgehead atoms. The maximum absolute atomic E-state index is 12.8. The number of hydrogen-bond acceptors (Lipinski definition) is 14. The smallest absolute Gasteiger partial charge is 0.307 e. The number of aromatic nitrogens is 2. The maximum atomic E-state index is 12.8. The number of esters is 1. The number of oxazole rings is 2. The number of carbonyl (C=O) groups excluding carboxylic acids is 5. The van der Waals surface area contributed by atoms with Gasteiger partial charge in [-0.25, -0.2) is 9.97 Å². The molecule has 2 rings (SSSR count). The molecule has 262 valence electrons. The standard InChI is InChI=1S/C33H48N2O12/c1-3-4-5-6-7-8-9-10-11-12-13-14-15-16-30(40)47-32(29-18-34-20-42-29)33-35-26(19-41-33)27(44-22-37)17-28(45-23-38)31(46-24-39)25(2)43-21-36/h18-25,27-28,31-32H,3-17H2,1-2H3. The van der Waals surface area contributed by atoms with E-state index in [4.69, 9.17) is 32.5 Å². The Hall–Kier alpha value is -4.23. The quantitative estimate of drug-likeness (QED) is 0.0408. The number of ether oxygens (including phenoxy) is 5. The van der Waals surface area contributed by atoms with Gasteiger partial charge in [0.1, 0.15) is 24.2 Å². The number of unbranched alkanes of at least 4 members (excludes halogenated alkanes) is 12. The molecule has 0 fully saturated rings. The molecule has 2 heterocycles. The van der Waals surface area contributed by atoms with E-state index in [1.165, 1.54) is 83.6 Å². The second kappa shape index (κ2) is 24.0. The summed E-state index contributed by atoms with van der Waals surface area (Å²) in [6, 6.07) is 0. The first-order valence-corrected chi connectivity index (χ1v) is 16.4. The van der Waals surface area contributed by atoms with E-state index in [9.17, 15) is 24.0 Å². The van der Waals surface area contributed by atoms with Crippen LogP contribution in [0.1, 0.15) is 140 Å². The lowest BCUT2D eigenvalue weighted by molar-refractivity contribution is -0.170. The Morgan fingerprint density at radius 3 is 1.94 bits per heavy atom. The van der Waals surface area contributed by atoms with E-state index >= 15 is 0 Å². The molecule has 5 atom stereocenters. The third kappa shape index (κ3) is 14.8. The van der Waals surface area contributed by atoms with Gasteiger partial charge < -0.3 is 32.5 Å². The number of rotatable bonds is 30. The van der Waals surface area contributed by atoms with Crippen LogP contribution in [0.15, 0.2) is 27.7 Å². The van der Waals surface area contributed by atoms with Crippen molar-refractivity contribution in [3.63, 3.8) is 0 Å². The molecular formula is C33H48N2O12. The van der Waals surface area contributed by atoms with Crippen LogP contribution in [0, 0.1) is 0 Å². The van der Waals surface area contributed by atoms with Crippen molar-refractivity contribution >= 4 is 31.9 Å². The first-order chi connectivity index (χ1) is 23.0. The van der Waals surface area contributed by atoms with Crippen molar-refractivity contribution in [2.24, 2.45) is 0 Å². The van der Waals surface area contributed by atoms with Crippen molar-refractivity contribution in [3.05, 3.63) is 36.2 Å². The third-order valence-corrected chi connectivity index (χ3v) is 7.75. The van der Waals surface area contributed by atoms with Crippen molar-refractivity contribution in [1.29, 1.82) is 0 Å². The second-order valence-corrected chi connectivity index (χ2v) is 11.2. The van der Waals surface area contributed by atoms with Gasteiger partial charge in [-0.3, -0.25) is 24.0 Å². The van der Waals surface area contributed by atoms with Crippen molar-refractivity contribution in [3.8, 4) is 0 Å². The first-order valence-electron chi connectivity index (χ1n) is 16.4. The van der Waals surface area contributed by atoms with Crippen molar-refractivity contribution in [1.82, 2.24) is 9.97 Å². The van der Waals surface area contributed by atoms with Crippen LogP contribution in [0.25, 0.3) is 0 Å². The van der Waals surface area contributed by atoms with E-state index in [2.05, 4.69) is 16.9 Å². The zero-order chi connectivity index (χ0) is 34.1. The average Bonchev–Trinajstić information content (AvgIpc) is 3.78. The Balaban J connectivity index is 1.95. The maximum Gasteiger partial charge on any atom is 0.307 e. The molecule has 2 aromatic heterocycles. The lowest BCUT2D eigenvalue weighted by atomic mass is 10.0. The van der Waals surface area contributed by atoms with Gasteiger partial charge in [0.15, 0.2) is 24.4 Å². The summed E-state index contributed by atoms with van der Waals surface area (Å²) in [5.74, 6) is -0.403. The van der Waals surface area contributed by atoms with Gasteiger partial charge in [0.05, 0.1) is 6.20 Å². The Kier molecular flexibility index (Phi) is 19.9. The van der Waals surface area contributed by atoms with Crippen LogP contribution in [-0.2, 0) is 47.7 Å². The van der Waals surface area contributed by atoms with Gasteiger partial charge in [-0.05, 0) is 13.3 Å². The summed E-state index contributed by atoms with van der Waals surface area (Å²) >= 11 is 0. The largest absolute Gasteiger partial charge is 0.461 e. The molecule has 0 N–H and O–H groups in total. The van der Waals surface area contributed by atoms with Gasteiger partial charge >= 0.3 is 5.97 Å². The molecule has 14 heteroatoms. The Morgan fingerprint density at radius 1 is 0.787 bits per heavy atom. The molecule has 0 aliphatic carbocycles. The Labute approximate surface area is 275 Å². The van der Waals surface area contributed by atoms with Gasteiger partial charge in [-0.1, -0.05) is 84.0 Å². The summed E-state index contributed by atoms with van der Waals surface area (Å²) in [7, 11) is 0. The normalized spacial score (nSPS) is 14.2. The predicted molar refractivity (Wildman–Crippen MR) is 164 cm³/mol. The molecule has 0 aliphatic heterocycles. The highest BCUT2D eigenvalue weighted by molar-refractivity contribution is 5.69. The van der Waals surface area contributed by atoms with Crippen LogP contribution < -0.4 is 0 Å². The van der Waals surface area contributed by atoms with E-state index in [-0.39, 0.29) is 56.1 Å². The molecule has 0 saturated carbocycles. The SMILES string of the molecule is CCCCCCCCCCCCCCCC(=O)OC(c1cnco1)c1nc(C(CC(OC=O)C(OC=O)C(C)OC=O)OC=O)co1. The molecule has 0 radical (unpaired) electrons. The van der Waals surface area contributed by atoms with E-state index in [1.54, 1.807) is 0 Å². The van der Waals surface area contributed by atoms with E-state index in [0.717, 1.165) is 19.3 Å². The minimum atomic E-state index is -1.24. The first kappa shape index (κ1) is 39.0. The van der Waals surface area contributed by atoms with E-state index in [0.29, 0.717) is 6.42 Å². The highest BCUT2D eigenvalue weighted by Gasteiger charge is 2.36. The molecular weight excluding hydrogens is 616 g/mol. The molecule has 47 heavy (non-hydrogen) atoms. The zero-order valence-electron chi connectivity index (χ0n) is 27.3. The summed E-state index contributed by atoms with van der Waals surface area (Å²) in [4.78, 5) is 65.6. The topological polar surface area (TPSA) is 184 Å². The zero-order valence-corrected chi connectivity index (χ0v) is 27.3. The Morgan fingerprint density at radius 2 is 1.38 bits per heavy atom. The predicted octanol–water partition coefficient (Wildman–Crippen LogP) is 6.03. The van der Waals surface area contributed by atoms with Crippen LogP contribution in [0.2, 0.25) is 0 Å². The van der Waals surface area contributed by atoms with Crippen LogP contribution in [0.3, 0.4) is 0 Å². The minimum Gasteiger partial charge on any atom is -0.461 e. The molecule has 0 amide bonds. The van der Waals surface area contributed by atoms with E-state index < -0.39 is 36.5 Å². The second-order valence-electron chi connectivity index (χ2n) is 11.2. The number of carbonyl (C=O) groups is 5. The van der Waals surface area contributed by atoms with Gasteiger partial charge in [0, 0.05) is 12.8 Å². The molecule has 14 nitrogen and oxygen atoms in total. The van der Waals surface area contributed by atoms with Gasteiger partial charge in [-0.2, -0.15) is 0 Å². The Bertz CT molecular complexity index is 1140. The highest BCUT2D eigenvalue weighted by atomic mass is 16.6. The van der Waals surface area contributed by atoms with E-state index in [1.807, 2.05) is 0 Å². The average molecular weight is 665 g/mol. The van der Waals surface area contributed by atoms with Crippen LogP contribution >= 0.6 is 0 Å². The lowest BCUT2D eigenvalue weighted by Crippen LogP contribution is -2.42. The fourth-order valence-electron chi connectivity index (χ4n) is 5.22. The number of hydrogen-bond donors (Lipinski definition) is 0. The monoisotopic (exact) mass is 664 g/mol. The molecule has 2 aromatic rings. The van der Waals surface area contributed by atoms with Gasteiger partial charge in [0.25, 0.3) is 25.9 Å². The third-order valence-electron chi connectivity index (χ3n) is 7.75. The van der Waals surface area contributed by atoms with Crippen molar-refractivity contribution in [2.75, 3.05) is 0 Å². The van der Waals surface area contributed by atoms with Gasteiger partial charge in [0.2, 0.25) is 12.0 Å². The lowest BCUT2D eigenvalue weighted by Gasteiger charge is -2.29. The highest BCUT2D eigenvalue weighted by Crippen LogP contribution is 2.31. The van der Waals surface area contributed by atoms with Crippen LogP contribution in [0.4, 0.5) is 0 Å². The summed E-state index contributed by atoms with van der Waals surface area (Å²) < 4.78 is 36.7. The fourth-order valence-corrected chi connectivity index (χ4v) is 5.22. The summed E-state index contributed by atoms with van der Waals surface area (Å²) in [5, 5.41) is 0. The van der Waals surface area contributed by atoms with Crippen LogP contribution in [0.5, 0.6) is 0 Å².